The number of rotatable bonds is 5. The van der Waals surface area contributed by atoms with Gasteiger partial charge in [-0.2, -0.15) is 0 Å². The molecule has 0 fully saturated rings. The number of fused-ring (bicyclic) bond motifs is 1. The molecule has 1 heterocycles. The Labute approximate surface area is 125 Å². The number of nitrogens with one attached hydrogen (secondary N) is 1. The van der Waals surface area contributed by atoms with E-state index in [4.69, 9.17) is 21.1 Å². The topological polar surface area (TPSA) is 30.5 Å². The summed E-state index contributed by atoms with van der Waals surface area (Å²) < 4.78 is 11.6. The van der Waals surface area contributed by atoms with Crippen LogP contribution in [0.5, 0.6) is 11.5 Å². The first-order chi connectivity index (χ1) is 9.41. The quantitative estimate of drug-likeness (QED) is 0.889. The standard InChI is InChI=1S/C16H22ClNO2/c1-5-18-14-9-16(3,4)20-15-8-12(6-7-13(14)15)19-10-11(2)17/h6-8,14,18H,2,5,9-10H2,1,3-4H3. The summed E-state index contributed by atoms with van der Waals surface area (Å²) in [5, 5.41) is 3.99. The number of halogens is 1. The fourth-order valence-electron chi connectivity index (χ4n) is 2.51. The molecule has 20 heavy (non-hydrogen) atoms. The minimum Gasteiger partial charge on any atom is -0.488 e. The van der Waals surface area contributed by atoms with E-state index in [1.165, 1.54) is 5.56 Å². The zero-order valence-corrected chi connectivity index (χ0v) is 13.1. The van der Waals surface area contributed by atoms with Crippen molar-refractivity contribution in [3.05, 3.63) is 35.4 Å². The highest BCUT2D eigenvalue weighted by molar-refractivity contribution is 6.29. The zero-order valence-electron chi connectivity index (χ0n) is 12.3. The highest BCUT2D eigenvalue weighted by Crippen LogP contribution is 2.41. The lowest BCUT2D eigenvalue weighted by Gasteiger charge is -2.38. The first kappa shape index (κ1) is 15.2. The van der Waals surface area contributed by atoms with Crippen LogP contribution < -0.4 is 14.8 Å². The van der Waals surface area contributed by atoms with E-state index in [-0.39, 0.29) is 5.60 Å². The van der Waals surface area contributed by atoms with Crippen molar-refractivity contribution in [3.8, 4) is 11.5 Å². The van der Waals surface area contributed by atoms with Gasteiger partial charge < -0.3 is 14.8 Å². The van der Waals surface area contributed by atoms with Crippen LogP contribution in [0.3, 0.4) is 0 Å². The van der Waals surface area contributed by atoms with Gasteiger partial charge in [0.05, 0.1) is 0 Å². The minimum atomic E-state index is -0.186. The van der Waals surface area contributed by atoms with Crippen molar-refractivity contribution in [2.45, 2.75) is 38.8 Å². The second-order valence-corrected chi connectivity index (χ2v) is 6.22. The molecule has 4 heteroatoms. The summed E-state index contributed by atoms with van der Waals surface area (Å²) in [5.41, 5.74) is 0.998. The molecule has 0 saturated carbocycles. The summed E-state index contributed by atoms with van der Waals surface area (Å²) in [6, 6.07) is 6.26. The molecule has 0 aliphatic carbocycles. The van der Waals surface area contributed by atoms with E-state index in [2.05, 4.69) is 38.7 Å². The monoisotopic (exact) mass is 295 g/mol. The molecule has 110 valence electrons. The molecule has 0 radical (unpaired) electrons. The third-order valence-corrected chi connectivity index (χ3v) is 3.40. The predicted molar refractivity (Wildman–Crippen MR) is 82.7 cm³/mol. The van der Waals surface area contributed by atoms with Gasteiger partial charge in [0, 0.05) is 29.1 Å². The highest BCUT2D eigenvalue weighted by Gasteiger charge is 2.33. The second-order valence-electron chi connectivity index (χ2n) is 5.68. The molecule has 1 N–H and O–H groups in total. The van der Waals surface area contributed by atoms with Crippen LogP contribution in [0.15, 0.2) is 29.8 Å². The Kier molecular flexibility index (Phi) is 4.61. The van der Waals surface area contributed by atoms with Crippen LogP contribution in [0.2, 0.25) is 0 Å². The molecule has 0 spiro atoms. The van der Waals surface area contributed by atoms with Crippen molar-refractivity contribution < 1.29 is 9.47 Å². The van der Waals surface area contributed by atoms with Gasteiger partial charge in [0.1, 0.15) is 23.7 Å². The molecule has 1 aromatic carbocycles. The molecule has 1 aromatic rings. The second kappa shape index (κ2) is 6.06. The molecule has 1 atom stereocenters. The molecule has 3 nitrogen and oxygen atoms in total. The summed E-state index contributed by atoms with van der Waals surface area (Å²) >= 11 is 5.72. The maximum Gasteiger partial charge on any atom is 0.128 e. The van der Waals surface area contributed by atoms with E-state index < -0.39 is 0 Å². The van der Waals surface area contributed by atoms with Gasteiger partial charge in [0.15, 0.2) is 0 Å². The van der Waals surface area contributed by atoms with Crippen LogP contribution in [0.4, 0.5) is 0 Å². The SMILES string of the molecule is C=C(Cl)COc1ccc2c(c1)OC(C)(C)CC2NCC. The molecule has 0 bridgehead atoms. The van der Waals surface area contributed by atoms with E-state index >= 15 is 0 Å². The number of benzene rings is 1. The lowest BCUT2D eigenvalue weighted by Crippen LogP contribution is -2.39. The Morgan fingerprint density at radius 2 is 2.30 bits per heavy atom. The van der Waals surface area contributed by atoms with Crippen LogP contribution in [0.25, 0.3) is 0 Å². The fourth-order valence-corrected chi connectivity index (χ4v) is 2.57. The Balaban J connectivity index is 2.24. The third kappa shape index (κ3) is 3.68. The van der Waals surface area contributed by atoms with Crippen LogP contribution >= 0.6 is 11.6 Å². The molecule has 1 aliphatic heterocycles. The molecule has 2 rings (SSSR count). The maximum atomic E-state index is 6.07. The Morgan fingerprint density at radius 1 is 1.55 bits per heavy atom. The molecular formula is C16H22ClNO2. The minimum absolute atomic E-state index is 0.186. The van der Waals surface area contributed by atoms with Crippen LogP contribution in [0.1, 0.15) is 38.8 Å². The molecule has 0 saturated heterocycles. The largest absolute Gasteiger partial charge is 0.488 e. The molecule has 0 amide bonds. The average molecular weight is 296 g/mol. The number of ether oxygens (including phenoxy) is 2. The summed E-state index contributed by atoms with van der Waals surface area (Å²) in [4.78, 5) is 0. The van der Waals surface area contributed by atoms with Crippen molar-refractivity contribution in [3.63, 3.8) is 0 Å². The summed E-state index contributed by atoms with van der Waals surface area (Å²) in [5.74, 6) is 1.63. The van der Waals surface area contributed by atoms with E-state index in [1.54, 1.807) is 0 Å². The third-order valence-electron chi connectivity index (χ3n) is 3.29. The van der Waals surface area contributed by atoms with Crippen LogP contribution in [-0.2, 0) is 0 Å². The van der Waals surface area contributed by atoms with Crippen molar-refractivity contribution in [2.24, 2.45) is 0 Å². The number of hydrogen-bond donors (Lipinski definition) is 1. The van der Waals surface area contributed by atoms with Crippen LogP contribution in [0, 0.1) is 0 Å². The van der Waals surface area contributed by atoms with Crippen molar-refractivity contribution in [2.75, 3.05) is 13.2 Å². The average Bonchev–Trinajstić information content (AvgIpc) is 2.35. The lowest BCUT2D eigenvalue weighted by molar-refractivity contribution is 0.0661. The molecule has 0 aromatic heterocycles. The van der Waals surface area contributed by atoms with E-state index in [0.717, 1.165) is 24.5 Å². The van der Waals surface area contributed by atoms with Crippen LogP contribution in [-0.4, -0.2) is 18.8 Å². The number of hydrogen-bond acceptors (Lipinski definition) is 3. The first-order valence-corrected chi connectivity index (χ1v) is 7.31. The van der Waals surface area contributed by atoms with Gasteiger partial charge >= 0.3 is 0 Å². The van der Waals surface area contributed by atoms with Gasteiger partial charge in [-0.15, -0.1) is 0 Å². The Hall–Kier alpha value is -1.19. The summed E-state index contributed by atoms with van der Waals surface area (Å²) in [7, 11) is 0. The van der Waals surface area contributed by atoms with Gasteiger partial charge in [-0.05, 0) is 26.5 Å². The van der Waals surface area contributed by atoms with Gasteiger partial charge in [0.25, 0.3) is 0 Å². The van der Waals surface area contributed by atoms with E-state index in [9.17, 15) is 0 Å². The normalized spacial score (nSPS) is 19.9. The Morgan fingerprint density at radius 3 is 2.95 bits per heavy atom. The zero-order chi connectivity index (χ0) is 14.8. The van der Waals surface area contributed by atoms with E-state index in [1.807, 2.05) is 12.1 Å². The van der Waals surface area contributed by atoms with Gasteiger partial charge in [-0.25, -0.2) is 0 Å². The van der Waals surface area contributed by atoms with Gasteiger partial charge in [-0.1, -0.05) is 31.2 Å². The summed E-state index contributed by atoms with van der Waals surface area (Å²) in [6.07, 6.45) is 0.951. The van der Waals surface area contributed by atoms with Crippen molar-refractivity contribution in [1.82, 2.24) is 5.32 Å². The van der Waals surface area contributed by atoms with Gasteiger partial charge in [0.2, 0.25) is 0 Å². The predicted octanol–water partition coefficient (Wildman–Crippen LogP) is 4.03. The van der Waals surface area contributed by atoms with Crippen molar-refractivity contribution >= 4 is 11.6 Å². The fraction of sp³-hybridized carbons (Fsp3) is 0.500. The molecule has 1 unspecified atom stereocenters. The molecular weight excluding hydrogens is 274 g/mol. The Bertz CT molecular complexity index is 499. The van der Waals surface area contributed by atoms with E-state index in [0.29, 0.717) is 17.7 Å². The molecule has 1 aliphatic rings. The lowest BCUT2D eigenvalue weighted by atomic mass is 9.89. The van der Waals surface area contributed by atoms with Gasteiger partial charge in [-0.3, -0.25) is 0 Å². The van der Waals surface area contributed by atoms with Crippen molar-refractivity contribution in [1.29, 1.82) is 0 Å². The maximum absolute atomic E-state index is 6.07. The smallest absolute Gasteiger partial charge is 0.128 e. The summed E-state index contributed by atoms with van der Waals surface area (Å²) in [6.45, 7) is 11.2. The highest BCUT2D eigenvalue weighted by atomic mass is 35.5. The first-order valence-electron chi connectivity index (χ1n) is 6.93.